The van der Waals surface area contributed by atoms with Crippen LogP contribution in [0.2, 0.25) is 0 Å². The van der Waals surface area contributed by atoms with Crippen LogP contribution in [-0.4, -0.2) is 25.3 Å². The topological polar surface area (TPSA) is 107 Å². The molecule has 0 bridgehead atoms. The van der Waals surface area contributed by atoms with Crippen LogP contribution in [0.15, 0.2) is 9.68 Å². The van der Waals surface area contributed by atoms with E-state index in [9.17, 15) is 0 Å². The van der Waals surface area contributed by atoms with E-state index < -0.39 is 0 Å². The molecule has 2 aromatic rings. The summed E-state index contributed by atoms with van der Waals surface area (Å²) in [6.07, 6.45) is 0. The van der Waals surface area contributed by atoms with Crippen LogP contribution in [0.4, 0.5) is 5.95 Å². The van der Waals surface area contributed by atoms with Crippen LogP contribution >= 0.6 is 11.8 Å². The van der Waals surface area contributed by atoms with Gasteiger partial charge in [0.25, 0.3) is 0 Å². The van der Waals surface area contributed by atoms with Crippen molar-refractivity contribution in [3.05, 3.63) is 11.7 Å². The van der Waals surface area contributed by atoms with Crippen molar-refractivity contribution in [3.8, 4) is 0 Å². The lowest BCUT2D eigenvalue weighted by molar-refractivity contribution is 0.364. The van der Waals surface area contributed by atoms with E-state index in [0.29, 0.717) is 22.8 Å². The fourth-order valence-corrected chi connectivity index (χ4v) is 1.99. The summed E-state index contributed by atoms with van der Waals surface area (Å²) in [5, 5.41) is 11.1. The highest BCUT2D eigenvalue weighted by molar-refractivity contribution is 7.99. The largest absolute Gasteiger partial charge is 0.368 e. The molecule has 7 nitrogen and oxygen atoms in total. The molecule has 0 aromatic carbocycles. The van der Waals surface area contributed by atoms with Gasteiger partial charge in [-0.1, -0.05) is 37.7 Å². The number of thioether (sulfide) groups is 1. The molecule has 2 aromatic heterocycles. The van der Waals surface area contributed by atoms with Gasteiger partial charge in [0.05, 0.1) is 5.25 Å². The zero-order chi connectivity index (χ0) is 13.3. The Bertz CT molecular complexity index is 528. The Balaban J connectivity index is 2.09. The van der Waals surface area contributed by atoms with Crippen molar-refractivity contribution in [1.82, 2.24) is 25.3 Å². The molecule has 3 N–H and O–H groups in total. The van der Waals surface area contributed by atoms with E-state index in [1.807, 2.05) is 27.7 Å². The molecule has 0 fully saturated rings. The summed E-state index contributed by atoms with van der Waals surface area (Å²) in [7, 11) is 0. The number of nitrogens with two attached hydrogens (primary N) is 1. The van der Waals surface area contributed by atoms with Crippen LogP contribution in [-0.2, 0) is 5.41 Å². The molecule has 0 aliphatic carbocycles. The number of aromatic nitrogens is 5. The van der Waals surface area contributed by atoms with Gasteiger partial charge in [-0.2, -0.15) is 9.97 Å². The van der Waals surface area contributed by atoms with E-state index in [1.165, 1.54) is 11.8 Å². The van der Waals surface area contributed by atoms with Crippen molar-refractivity contribution in [2.45, 2.75) is 43.5 Å². The Labute approximate surface area is 109 Å². The zero-order valence-corrected chi connectivity index (χ0v) is 11.6. The van der Waals surface area contributed by atoms with Crippen LogP contribution < -0.4 is 5.73 Å². The third-order valence-corrected chi connectivity index (χ3v) is 3.17. The number of nitrogen functional groups attached to an aromatic ring is 1. The Morgan fingerprint density at radius 3 is 2.56 bits per heavy atom. The molecule has 2 heterocycles. The van der Waals surface area contributed by atoms with Gasteiger partial charge in [0.2, 0.25) is 17.0 Å². The van der Waals surface area contributed by atoms with E-state index in [1.54, 1.807) is 0 Å². The van der Waals surface area contributed by atoms with Gasteiger partial charge < -0.3 is 10.3 Å². The standard InChI is InChI=1S/C10H16N6OS/c1-5(18-9-13-8(11)14-15-9)6-12-7(16-17-6)10(2,3)4/h5H,1-4H3,(H3,11,13,14,15). The summed E-state index contributed by atoms with van der Waals surface area (Å²) in [6, 6.07) is 0. The van der Waals surface area contributed by atoms with Crippen molar-refractivity contribution in [3.63, 3.8) is 0 Å². The molecule has 0 aliphatic rings. The summed E-state index contributed by atoms with van der Waals surface area (Å²) in [4.78, 5) is 8.40. The smallest absolute Gasteiger partial charge is 0.239 e. The molecule has 2 rings (SSSR count). The third kappa shape index (κ3) is 2.81. The Morgan fingerprint density at radius 1 is 1.33 bits per heavy atom. The SMILES string of the molecule is CC(Sc1n[nH]c(N)n1)c1nc(C(C)(C)C)no1. The first kappa shape index (κ1) is 12.9. The van der Waals surface area contributed by atoms with Gasteiger partial charge in [-0.05, 0) is 6.92 Å². The van der Waals surface area contributed by atoms with Crippen molar-refractivity contribution in [1.29, 1.82) is 0 Å². The Morgan fingerprint density at radius 2 is 2.06 bits per heavy atom. The number of nitrogens with one attached hydrogen (secondary N) is 1. The van der Waals surface area contributed by atoms with Crippen molar-refractivity contribution < 1.29 is 4.52 Å². The highest BCUT2D eigenvalue weighted by Gasteiger charge is 2.24. The summed E-state index contributed by atoms with van der Waals surface area (Å²) in [5.41, 5.74) is 5.34. The summed E-state index contributed by atoms with van der Waals surface area (Å²) in [5.74, 6) is 1.55. The fraction of sp³-hybridized carbons (Fsp3) is 0.600. The van der Waals surface area contributed by atoms with E-state index in [2.05, 4.69) is 25.3 Å². The van der Waals surface area contributed by atoms with Gasteiger partial charge in [0, 0.05) is 5.41 Å². The molecule has 0 aliphatic heterocycles. The maximum Gasteiger partial charge on any atom is 0.239 e. The molecule has 0 saturated carbocycles. The summed E-state index contributed by atoms with van der Waals surface area (Å²) >= 11 is 1.41. The van der Waals surface area contributed by atoms with Gasteiger partial charge in [-0.25, -0.2) is 5.10 Å². The predicted molar refractivity (Wildman–Crippen MR) is 68.1 cm³/mol. The second kappa shape index (κ2) is 4.60. The highest BCUT2D eigenvalue weighted by atomic mass is 32.2. The van der Waals surface area contributed by atoms with Crippen LogP contribution in [0.3, 0.4) is 0 Å². The molecule has 0 saturated heterocycles. The number of nitrogens with zero attached hydrogens (tertiary/aromatic N) is 4. The predicted octanol–water partition coefficient (Wildman–Crippen LogP) is 1.92. The van der Waals surface area contributed by atoms with Crippen molar-refractivity contribution >= 4 is 17.7 Å². The Kier molecular flexibility index (Phi) is 3.29. The van der Waals surface area contributed by atoms with Gasteiger partial charge in [-0.15, -0.1) is 5.10 Å². The quantitative estimate of drug-likeness (QED) is 0.819. The third-order valence-electron chi connectivity index (χ3n) is 2.22. The lowest BCUT2D eigenvalue weighted by atomic mass is 9.96. The number of aromatic amines is 1. The average molecular weight is 268 g/mol. The normalized spacial score (nSPS) is 13.8. The van der Waals surface area contributed by atoms with E-state index in [-0.39, 0.29) is 10.7 Å². The average Bonchev–Trinajstić information content (AvgIpc) is 2.85. The first-order valence-corrected chi connectivity index (χ1v) is 6.43. The molecule has 1 unspecified atom stereocenters. The van der Waals surface area contributed by atoms with Crippen molar-refractivity contribution in [2.24, 2.45) is 0 Å². The summed E-state index contributed by atoms with van der Waals surface area (Å²) < 4.78 is 5.25. The lowest BCUT2D eigenvalue weighted by Crippen LogP contribution is -2.13. The van der Waals surface area contributed by atoms with Gasteiger partial charge in [0.15, 0.2) is 5.82 Å². The number of anilines is 1. The molecular weight excluding hydrogens is 252 g/mol. The molecule has 98 valence electrons. The minimum absolute atomic E-state index is 0.0243. The van der Waals surface area contributed by atoms with E-state index >= 15 is 0 Å². The molecule has 1 atom stereocenters. The molecular formula is C10H16N6OS. The Hall–Kier alpha value is -1.57. The van der Waals surface area contributed by atoms with Gasteiger partial charge in [-0.3, -0.25) is 0 Å². The first-order valence-electron chi connectivity index (χ1n) is 5.55. The second-order valence-corrected chi connectivity index (χ2v) is 6.28. The van der Waals surface area contributed by atoms with E-state index in [0.717, 1.165) is 0 Å². The molecule has 18 heavy (non-hydrogen) atoms. The summed E-state index contributed by atoms with van der Waals surface area (Å²) in [6.45, 7) is 8.07. The second-order valence-electron chi connectivity index (χ2n) is 4.97. The van der Waals surface area contributed by atoms with Crippen LogP contribution in [0.5, 0.6) is 0 Å². The number of H-pyrrole nitrogens is 1. The number of rotatable bonds is 3. The highest BCUT2D eigenvalue weighted by Crippen LogP contribution is 2.32. The number of hydrogen-bond donors (Lipinski definition) is 2. The maximum atomic E-state index is 5.46. The molecule has 8 heteroatoms. The molecule has 0 radical (unpaired) electrons. The van der Waals surface area contributed by atoms with Crippen LogP contribution in [0.25, 0.3) is 0 Å². The number of hydrogen-bond acceptors (Lipinski definition) is 7. The molecule has 0 spiro atoms. The van der Waals surface area contributed by atoms with Crippen LogP contribution in [0, 0.1) is 0 Å². The minimum atomic E-state index is -0.124. The van der Waals surface area contributed by atoms with Crippen molar-refractivity contribution in [2.75, 3.05) is 5.73 Å². The zero-order valence-electron chi connectivity index (χ0n) is 10.8. The van der Waals surface area contributed by atoms with E-state index in [4.69, 9.17) is 10.3 Å². The molecule has 0 amide bonds. The van der Waals surface area contributed by atoms with Crippen LogP contribution in [0.1, 0.15) is 44.7 Å². The first-order chi connectivity index (χ1) is 8.36. The lowest BCUT2D eigenvalue weighted by Gasteiger charge is -2.11. The fourth-order valence-electron chi connectivity index (χ4n) is 1.22. The van der Waals surface area contributed by atoms with Gasteiger partial charge in [0.1, 0.15) is 0 Å². The monoisotopic (exact) mass is 268 g/mol. The maximum absolute atomic E-state index is 5.46. The van der Waals surface area contributed by atoms with Gasteiger partial charge >= 0.3 is 0 Å². The minimum Gasteiger partial charge on any atom is -0.368 e.